The summed E-state index contributed by atoms with van der Waals surface area (Å²) in [5.41, 5.74) is 1.09. The molecule has 0 aromatic carbocycles. The van der Waals surface area contributed by atoms with Crippen LogP contribution in [0.1, 0.15) is 84.8 Å². The number of carboxylic acid groups (broad SMARTS) is 1. The van der Waals surface area contributed by atoms with Crippen LogP contribution in [-0.4, -0.2) is 58.0 Å². The minimum absolute atomic E-state index is 0.00241. The Bertz CT molecular complexity index is 1530. The van der Waals surface area contributed by atoms with Gasteiger partial charge < -0.3 is 14.6 Å². The van der Waals surface area contributed by atoms with Crippen molar-refractivity contribution in [3.05, 3.63) is 59.9 Å². The Hall–Kier alpha value is -2.90. The van der Waals surface area contributed by atoms with Crippen molar-refractivity contribution >= 4 is 12.3 Å². The lowest BCUT2D eigenvalue weighted by molar-refractivity contribution is -0.197. The summed E-state index contributed by atoms with van der Waals surface area (Å²) >= 11 is 0. The van der Waals surface area contributed by atoms with Gasteiger partial charge in [0, 0.05) is 24.7 Å². The number of likely N-dealkylation sites (N-methyl/N-ethyl adjacent to an activating group) is 1. The van der Waals surface area contributed by atoms with Crippen molar-refractivity contribution < 1.29 is 19.4 Å². The molecule has 2 aromatic heterocycles. The van der Waals surface area contributed by atoms with Crippen molar-refractivity contribution in [2.75, 3.05) is 13.6 Å². The van der Waals surface area contributed by atoms with E-state index in [9.17, 15) is 14.7 Å². The standard InChI is InChI=1S/C40H53N3O4/c1-6-7-11-27-18-36(47-35(27)23-43(5)22-29-12-10-14-34(42-29)33-13-8-9-17-41-33)39-21-30-26(4)15-16-31(30)38(24-44)20-28(39)19-32(25(2)3)40(38,39)37(45)46/h8-10,12-14,17,19,24-28,30-31,35-36H,6-7,11,15-16,18,20-23H2,1-5H3,(H,45,46)/t26-,27?,28?,30-,31-,35?,36?,38?,39?,40?/m1/s1. The van der Waals surface area contributed by atoms with Crippen LogP contribution in [0.3, 0.4) is 0 Å². The maximum absolute atomic E-state index is 14.1. The minimum atomic E-state index is -1.19. The average molecular weight is 640 g/mol. The summed E-state index contributed by atoms with van der Waals surface area (Å²) in [6, 6.07) is 12.0. The van der Waals surface area contributed by atoms with Gasteiger partial charge in [0.25, 0.3) is 0 Å². The topological polar surface area (TPSA) is 92.6 Å². The number of carboxylic acids is 1. The number of nitrogens with zero attached hydrogens (tertiary/aromatic N) is 3. The van der Waals surface area contributed by atoms with Crippen molar-refractivity contribution in [2.45, 2.75) is 97.8 Å². The van der Waals surface area contributed by atoms with Crippen molar-refractivity contribution in [1.82, 2.24) is 14.9 Å². The van der Waals surface area contributed by atoms with Gasteiger partial charge in [-0.15, -0.1) is 0 Å². The highest BCUT2D eigenvalue weighted by Crippen LogP contribution is 2.84. The molecule has 0 radical (unpaired) electrons. The predicted molar refractivity (Wildman–Crippen MR) is 182 cm³/mol. The Labute approximate surface area is 280 Å². The zero-order valence-corrected chi connectivity index (χ0v) is 28.9. The van der Waals surface area contributed by atoms with Gasteiger partial charge in [0.05, 0.1) is 34.7 Å². The maximum Gasteiger partial charge on any atom is 0.315 e. The van der Waals surface area contributed by atoms with Gasteiger partial charge in [-0.05, 0) is 98.9 Å². The number of aliphatic carboxylic acids is 1. The normalized spacial score (nSPS) is 38.6. The van der Waals surface area contributed by atoms with E-state index in [1.54, 1.807) is 6.20 Å². The fourth-order valence-corrected chi connectivity index (χ4v) is 11.8. The highest BCUT2D eigenvalue weighted by molar-refractivity contribution is 5.90. The second kappa shape index (κ2) is 12.2. The number of rotatable bonds is 12. The number of allylic oxidation sites excluding steroid dienone is 1. The summed E-state index contributed by atoms with van der Waals surface area (Å²) in [5.74, 6) is 0.705. The van der Waals surface area contributed by atoms with Crippen LogP contribution >= 0.6 is 0 Å². The number of fused-ring (bicyclic) bond motifs is 2. The van der Waals surface area contributed by atoms with Gasteiger partial charge in [0.1, 0.15) is 11.7 Å². The van der Waals surface area contributed by atoms with Crippen LogP contribution in [0.5, 0.6) is 0 Å². The van der Waals surface area contributed by atoms with Crippen molar-refractivity contribution in [3.63, 3.8) is 0 Å². The van der Waals surface area contributed by atoms with E-state index < -0.39 is 22.2 Å². The van der Waals surface area contributed by atoms with Crippen LogP contribution in [0, 0.1) is 51.8 Å². The fraction of sp³-hybridized carbons (Fsp3) is 0.650. The molecule has 7 nitrogen and oxygen atoms in total. The second-order valence-corrected chi connectivity index (χ2v) is 16.1. The Balaban J connectivity index is 1.21. The molecule has 252 valence electrons. The molecule has 2 aromatic rings. The highest BCUT2D eigenvalue weighted by Gasteiger charge is 2.86. The van der Waals surface area contributed by atoms with Gasteiger partial charge in [-0.2, -0.15) is 0 Å². The smallest absolute Gasteiger partial charge is 0.315 e. The number of aromatic nitrogens is 2. The molecule has 5 aliphatic rings. The molecule has 4 aliphatic carbocycles. The first-order valence-electron chi connectivity index (χ1n) is 18.3. The lowest BCUT2D eigenvalue weighted by Gasteiger charge is -2.60. The van der Waals surface area contributed by atoms with Gasteiger partial charge in [0.2, 0.25) is 0 Å². The molecule has 0 amide bonds. The van der Waals surface area contributed by atoms with E-state index >= 15 is 0 Å². The Morgan fingerprint density at radius 3 is 2.66 bits per heavy atom. The number of carbonyl (C=O) groups is 2. The third-order valence-electron chi connectivity index (χ3n) is 13.5. The van der Waals surface area contributed by atoms with E-state index in [1.807, 2.05) is 30.3 Å². The summed E-state index contributed by atoms with van der Waals surface area (Å²) in [5, 5.41) is 11.5. The van der Waals surface area contributed by atoms with Gasteiger partial charge in [0.15, 0.2) is 0 Å². The van der Waals surface area contributed by atoms with Crippen molar-refractivity contribution in [3.8, 4) is 11.4 Å². The van der Waals surface area contributed by atoms with E-state index in [2.05, 4.69) is 56.8 Å². The molecule has 3 heterocycles. The number of aldehydes is 1. The minimum Gasteiger partial charge on any atom is -0.481 e. The summed E-state index contributed by atoms with van der Waals surface area (Å²) in [6.45, 7) is 10.3. The van der Waals surface area contributed by atoms with Gasteiger partial charge in [-0.1, -0.05) is 70.7 Å². The molecule has 0 spiro atoms. The van der Waals surface area contributed by atoms with Crippen LogP contribution in [0.25, 0.3) is 11.4 Å². The molecule has 4 fully saturated rings. The summed E-state index contributed by atoms with van der Waals surface area (Å²) in [6.07, 6.45) is 12.8. The van der Waals surface area contributed by atoms with E-state index in [0.717, 1.165) is 80.4 Å². The third kappa shape index (κ3) is 4.65. The first-order chi connectivity index (χ1) is 22.6. The van der Waals surface area contributed by atoms with Crippen LogP contribution in [0.2, 0.25) is 0 Å². The van der Waals surface area contributed by atoms with Crippen molar-refractivity contribution in [1.29, 1.82) is 0 Å². The monoisotopic (exact) mass is 639 g/mol. The SMILES string of the molecule is CCCCC1CC(C23C[C@@H]4[C@H](C)CC[C@H]4C4(C=O)CC2C=C(C(C)C)C34C(=O)O)OC1CN(C)Cc1cccc(-c2ccccn2)n1. The molecular weight excluding hydrogens is 586 g/mol. The predicted octanol–water partition coefficient (Wildman–Crippen LogP) is 7.46. The van der Waals surface area contributed by atoms with Gasteiger partial charge in [-0.3, -0.25) is 14.7 Å². The number of unbranched alkanes of at least 4 members (excludes halogenated alkanes) is 1. The van der Waals surface area contributed by atoms with Gasteiger partial charge >= 0.3 is 5.97 Å². The van der Waals surface area contributed by atoms with E-state index in [0.29, 0.717) is 30.7 Å². The molecule has 3 saturated carbocycles. The van der Waals surface area contributed by atoms with Crippen LogP contribution < -0.4 is 0 Å². The number of hydrogen-bond donors (Lipinski definition) is 1. The van der Waals surface area contributed by atoms with Crippen molar-refractivity contribution in [2.24, 2.45) is 51.8 Å². The third-order valence-corrected chi connectivity index (χ3v) is 13.5. The summed E-state index contributed by atoms with van der Waals surface area (Å²) in [7, 11) is 2.14. The molecule has 1 aliphatic heterocycles. The van der Waals surface area contributed by atoms with E-state index in [-0.39, 0.29) is 30.0 Å². The molecule has 7 rings (SSSR count). The Morgan fingerprint density at radius 2 is 1.96 bits per heavy atom. The molecule has 7 heteroatoms. The number of ether oxygens (including phenoxy) is 1. The first-order valence-corrected chi connectivity index (χ1v) is 18.3. The number of carbonyl (C=O) groups excluding carboxylic acids is 1. The lowest BCUT2D eigenvalue weighted by Crippen LogP contribution is -2.65. The Kier molecular flexibility index (Phi) is 8.48. The quantitative estimate of drug-likeness (QED) is 0.190. The fourth-order valence-electron chi connectivity index (χ4n) is 11.8. The van der Waals surface area contributed by atoms with E-state index in [4.69, 9.17) is 9.72 Å². The lowest BCUT2D eigenvalue weighted by atomic mass is 9.41. The van der Waals surface area contributed by atoms with Crippen LogP contribution in [-0.2, 0) is 20.9 Å². The average Bonchev–Trinajstić information content (AvgIpc) is 3.77. The number of hydrogen-bond acceptors (Lipinski definition) is 6. The molecular formula is C40H53N3O4. The zero-order valence-electron chi connectivity index (χ0n) is 28.9. The molecule has 1 N–H and O–H groups in total. The molecule has 7 unspecified atom stereocenters. The molecule has 4 bridgehead atoms. The number of pyridine rings is 2. The van der Waals surface area contributed by atoms with Gasteiger partial charge in [-0.25, -0.2) is 4.98 Å². The van der Waals surface area contributed by atoms with E-state index in [1.165, 1.54) is 0 Å². The summed E-state index contributed by atoms with van der Waals surface area (Å²) < 4.78 is 7.31. The second-order valence-electron chi connectivity index (χ2n) is 16.1. The molecule has 1 saturated heterocycles. The largest absolute Gasteiger partial charge is 0.481 e. The first kappa shape index (κ1) is 32.6. The Morgan fingerprint density at radius 1 is 1.15 bits per heavy atom. The maximum atomic E-state index is 14.1. The van der Waals surface area contributed by atoms with Crippen LogP contribution in [0.15, 0.2) is 54.2 Å². The summed E-state index contributed by atoms with van der Waals surface area (Å²) in [4.78, 5) is 39.4. The molecule has 10 atom stereocenters. The van der Waals surface area contributed by atoms with Crippen LogP contribution in [0.4, 0.5) is 0 Å². The highest BCUT2D eigenvalue weighted by atomic mass is 16.5. The molecule has 47 heavy (non-hydrogen) atoms. The zero-order chi connectivity index (χ0) is 33.1.